The minimum Gasteiger partial charge on any atom is -0.508 e. The molecule has 0 saturated carbocycles. The number of anilines is 1. The maximum absolute atomic E-state index is 10.4. The third-order valence-corrected chi connectivity index (χ3v) is 7.23. The van der Waals surface area contributed by atoms with E-state index in [1.54, 1.807) is 26.4 Å². The van der Waals surface area contributed by atoms with Crippen LogP contribution in [0.5, 0.6) is 28.7 Å². The number of methoxy groups -OCH3 is 2. The monoisotopic (exact) mass is 451 g/mol. The van der Waals surface area contributed by atoms with Gasteiger partial charge in [-0.25, -0.2) is 0 Å². The number of nitrogens with zero attached hydrogens (tertiary/aromatic N) is 1. The predicted octanol–water partition coefficient (Wildman–Crippen LogP) is 5.38. The van der Waals surface area contributed by atoms with E-state index < -0.39 is 0 Å². The van der Waals surface area contributed by atoms with Crippen molar-refractivity contribution >= 4 is 17.4 Å². The van der Waals surface area contributed by atoms with E-state index in [1.807, 2.05) is 30.0 Å². The molecular formula is C25H25NO5S. The highest BCUT2D eigenvalue weighted by molar-refractivity contribution is 7.99. The van der Waals surface area contributed by atoms with Gasteiger partial charge in [0.1, 0.15) is 17.2 Å². The van der Waals surface area contributed by atoms with Gasteiger partial charge in [0, 0.05) is 28.8 Å². The van der Waals surface area contributed by atoms with Gasteiger partial charge < -0.3 is 29.0 Å². The Morgan fingerprint density at radius 1 is 0.969 bits per heavy atom. The van der Waals surface area contributed by atoms with Crippen molar-refractivity contribution < 1.29 is 24.1 Å². The number of hydrogen-bond acceptors (Lipinski definition) is 7. The van der Waals surface area contributed by atoms with E-state index in [-0.39, 0.29) is 17.8 Å². The van der Waals surface area contributed by atoms with Crippen molar-refractivity contribution in [3.05, 3.63) is 65.7 Å². The molecule has 0 saturated heterocycles. The number of fused-ring (bicyclic) bond motifs is 2. The molecule has 0 fully saturated rings. The Morgan fingerprint density at radius 2 is 1.75 bits per heavy atom. The third kappa shape index (κ3) is 4.00. The number of hydrogen-bond donors (Lipinski definition) is 1. The highest BCUT2D eigenvalue weighted by Gasteiger charge is 2.26. The van der Waals surface area contributed by atoms with Crippen LogP contribution in [0.15, 0.2) is 59.5 Å². The van der Waals surface area contributed by atoms with Crippen molar-refractivity contribution in [3.63, 3.8) is 0 Å². The molecule has 3 aromatic rings. The van der Waals surface area contributed by atoms with Crippen LogP contribution in [0.25, 0.3) is 0 Å². The van der Waals surface area contributed by atoms with Crippen LogP contribution in [-0.2, 0) is 6.54 Å². The van der Waals surface area contributed by atoms with Crippen molar-refractivity contribution in [2.24, 2.45) is 0 Å². The van der Waals surface area contributed by atoms with Crippen LogP contribution >= 0.6 is 11.8 Å². The molecule has 2 aliphatic heterocycles. The fraction of sp³-hybridized carbons (Fsp3) is 0.280. The van der Waals surface area contributed by atoms with E-state index in [0.29, 0.717) is 6.54 Å². The Bertz CT molecular complexity index is 1140. The summed E-state index contributed by atoms with van der Waals surface area (Å²) in [5, 5.41) is 10.7. The number of benzene rings is 3. The molecule has 2 aliphatic rings. The van der Waals surface area contributed by atoms with Gasteiger partial charge in [0.2, 0.25) is 6.79 Å². The van der Waals surface area contributed by atoms with Gasteiger partial charge in [-0.15, -0.1) is 11.8 Å². The lowest BCUT2D eigenvalue weighted by molar-refractivity contribution is 0.174. The van der Waals surface area contributed by atoms with Crippen LogP contribution in [0.4, 0.5) is 5.69 Å². The van der Waals surface area contributed by atoms with Gasteiger partial charge in [0.15, 0.2) is 11.5 Å². The first-order valence-corrected chi connectivity index (χ1v) is 11.4. The fourth-order valence-corrected chi connectivity index (χ4v) is 5.43. The Kier molecular flexibility index (Phi) is 5.66. The Balaban J connectivity index is 1.48. The van der Waals surface area contributed by atoms with Gasteiger partial charge in [-0.1, -0.05) is 6.07 Å². The molecule has 2 heterocycles. The maximum Gasteiger partial charge on any atom is 0.231 e. The van der Waals surface area contributed by atoms with E-state index in [4.69, 9.17) is 18.9 Å². The van der Waals surface area contributed by atoms with Crippen molar-refractivity contribution in [2.75, 3.05) is 32.5 Å². The molecule has 3 aromatic carbocycles. The summed E-state index contributed by atoms with van der Waals surface area (Å²) in [6.45, 7) is 1.69. The molecule has 0 bridgehead atoms. The molecule has 6 nitrogen and oxygen atoms in total. The molecule has 1 N–H and O–H groups in total. The third-order valence-electron chi connectivity index (χ3n) is 5.85. The van der Waals surface area contributed by atoms with Crippen molar-refractivity contribution in [1.29, 1.82) is 0 Å². The summed E-state index contributed by atoms with van der Waals surface area (Å²) >= 11 is 1.83. The minimum absolute atomic E-state index is 0.249. The van der Waals surface area contributed by atoms with Crippen LogP contribution in [0, 0.1) is 0 Å². The summed E-state index contributed by atoms with van der Waals surface area (Å²) in [5.41, 5.74) is 3.16. The topological polar surface area (TPSA) is 60.4 Å². The highest BCUT2D eigenvalue weighted by Crippen LogP contribution is 2.48. The normalized spacial score (nSPS) is 16.9. The van der Waals surface area contributed by atoms with Crippen molar-refractivity contribution in [2.45, 2.75) is 23.1 Å². The molecule has 0 spiro atoms. The molecule has 1 atom stereocenters. The van der Waals surface area contributed by atoms with Crippen LogP contribution in [-0.4, -0.2) is 32.7 Å². The lowest BCUT2D eigenvalue weighted by atomic mass is 10.1. The molecule has 1 unspecified atom stereocenters. The van der Waals surface area contributed by atoms with E-state index in [1.165, 1.54) is 5.56 Å². The maximum atomic E-state index is 10.4. The predicted molar refractivity (Wildman–Crippen MR) is 124 cm³/mol. The standard InChI is InChI=1S/C25H25NO5S/c1-28-18-5-7-21(27)17(11-18)14-26-10-9-24(16-3-8-22-23(12-16)31-15-30-22)32-25-13-19(29-2)4-6-20(25)26/h3-8,11-13,24,27H,9-10,14-15H2,1-2H3. The zero-order valence-corrected chi connectivity index (χ0v) is 18.9. The molecule has 7 heteroatoms. The van der Waals surface area contributed by atoms with E-state index in [0.717, 1.165) is 52.1 Å². The summed E-state index contributed by atoms with van der Waals surface area (Å²) in [7, 11) is 3.32. The van der Waals surface area contributed by atoms with Crippen molar-refractivity contribution in [1.82, 2.24) is 0 Å². The van der Waals surface area contributed by atoms with Gasteiger partial charge in [-0.05, 0) is 60.5 Å². The average Bonchev–Trinajstić information content (AvgIpc) is 3.22. The molecule has 0 radical (unpaired) electrons. The molecule has 5 rings (SSSR count). The van der Waals surface area contributed by atoms with Gasteiger partial charge in [0.05, 0.1) is 19.9 Å². The Morgan fingerprint density at radius 3 is 2.59 bits per heavy atom. The molecular weight excluding hydrogens is 426 g/mol. The number of phenolic OH excluding ortho intramolecular Hbond substituents is 1. The van der Waals surface area contributed by atoms with Crippen LogP contribution in [0.3, 0.4) is 0 Å². The van der Waals surface area contributed by atoms with E-state index in [2.05, 4.69) is 29.2 Å². The molecule has 0 aromatic heterocycles. The van der Waals surface area contributed by atoms with E-state index in [9.17, 15) is 5.11 Å². The van der Waals surface area contributed by atoms with Gasteiger partial charge in [-0.3, -0.25) is 0 Å². The number of rotatable bonds is 5. The molecule has 0 amide bonds. The van der Waals surface area contributed by atoms with Crippen LogP contribution < -0.4 is 23.8 Å². The minimum atomic E-state index is 0.249. The van der Waals surface area contributed by atoms with Gasteiger partial charge >= 0.3 is 0 Å². The summed E-state index contributed by atoms with van der Waals surface area (Å²) in [6.07, 6.45) is 0.937. The zero-order valence-electron chi connectivity index (χ0n) is 18.0. The molecule has 32 heavy (non-hydrogen) atoms. The summed E-state index contributed by atoms with van der Waals surface area (Å²) in [4.78, 5) is 3.45. The summed E-state index contributed by atoms with van der Waals surface area (Å²) in [5.74, 6) is 3.42. The summed E-state index contributed by atoms with van der Waals surface area (Å²) < 4.78 is 21.9. The number of aromatic hydroxyl groups is 1. The second-order valence-electron chi connectivity index (χ2n) is 7.76. The van der Waals surface area contributed by atoms with Crippen LogP contribution in [0.1, 0.15) is 22.8 Å². The lowest BCUT2D eigenvalue weighted by Crippen LogP contribution is -2.24. The SMILES string of the molecule is COc1ccc(O)c(CN2CCC(c3ccc4c(c3)OCO4)Sc3cc(OC)ccc32)c1. The second-order valence-corrected chi connectivity index (χ2v) is 9.00. The van der Waals surface area contributed by atoms with Gasteiger partial charge in [0.25, 0.3) is 0 Å². The number of thioether (sulfide) groups is 1. The first-order chi connectivity index (χ1) is 15.6. The Hall–Kier alpha value is -3.19. The highest BCUT2D eigenvalue weighted by atomic mass is 32.2. The van der Waals surface area contributed by atoms with E-state index >= 15 is 0 Å². The van der Waals surface area contributed by atoms with Crippen molar-refractivity contribution in [3.8, 4) is 28.7 Å². The fourth-order valence-electron chi connectivity index (χ4n) is 4.12. The number of ether oxygens (including phenoxy) is 4. The summed E-state index contributed by atoms with van der Waals surface area (Å²) in [6, 6.07) is 17.7. The molecule has 0 aliphatic carbocycles. The number of phenols is 1. The first-order valence-electron chi connectivity index (χ1n) is 10.5. The second kappa shape index (κ2) is 8.74. The smallest absolute Gasteiger partial charge is 0.231 e. The molecule has 166 valence electrons. The largest absolute Gasteiger partial charge is 0.508 e. The van der Waals surface area contributed by atoms with Gasteiger partial charge in [-0.2, -0.15) is 0 Å². The lowest BCUT2D eigenvalue weighted by Gasteiger charge is -2.25. The Labute approximate surface area is 191 Å². The van der Waals surface area contributed by atoms with Crippen LogP contribution in [0.2, 0.25) is 0 Å². The first kappa shape index (κ1) is 20.7. The quantitative estimate of drug-likeness (QED) is 0.559. The zero-order chi connectivity index (χ0) is 22.1. The average molecular weight is 452 g/mol.